The van der Waals surface area contributed by atoms with E-state index in [1.807, 2.05) is 0 Å². The van der Waals surface area contributed by atoms with Crippen molar-refractivity contribution in [2.24, 2.45) is 0 Å². The Balaban J connectivity index is 0.000000205. The van der Waals surface area contributed by atoms with E-state index in [1.54, 1.807) is 43.4 Å². The molecule has 0 aliphatic heterocycles. The predicted octanol–water partition coefficient (Wildman–Crippen LogP) is 5.10. The van der Waals surface area contributed by atoms with E-state index in [-0.39, 0.29) is 37.9 Å². The van der Waals surface area contributed by atoms with Gasteiger partial charge in [0.1, 0.15) is 21.4 Å². The highest BCUT2D eigenvalue weighted by Crippen LogP contribution is 2.30. The highest BCUT2D eigenvalue weighted by atomic mass is 32.2. The van der Waals surface area contributed by atoms with Crippen molar-refractivity contribution in [1.29, 1.82) is 0 Å². The fourth-order valence-electron chi connectivity index (χ4n) is 4.82. The zero-order valence-corrected chi connectivity index (χ0v) is 30.2. The molecule has 2 aromatic carbocycles. The summed E-state index contributed by atoms with van der Waals surface area (Å²) in [5, 5.41) is 18.6. The average Bonchev–Trinajstić information content (AvgIpc) is 3.82. The summed E-state index contributed by atoms with van der Waals surface area (Å²) in [4.78, 5) is 37.8. The van der Waals surface area contributed by atoms with Crippen molar-refractivity contribution in [3.05, 3.63) is 157 Å². The van der Waals surface area contributed by atoms with Gasteiger partial charge in [-0.1, -0.05) is 24.3 Å². The number of hydrogen-bond acceptors (Lipinski definition) is 10. The molecule has 4 aromatic heterocycles. The summed E-state index contributed by atoms with van der Waals surface area (Å²) in [6.45, 7) is 0.469. The molecular formula is C37H31F2N5O9S2. The minimum absolute atomic E-state index is 0.0502. The van der Waals surface area contributed by atoms with Gasteiger partial charge in [0, 0.05) is 72.6 Å². The van der Waals surface area contributed by atoms with Crippen molar-refractivity contribution in [3.8, 4) is 22.5 Å². The molecule has 6 rings (SSSR count). The third-order valence-corrected chi connectivity index (χ3v) is 10.5. The first-order chi connectivity index (χ1) is 26.2. The maximum Gasteiger partial charge on any atom is 0.328 e. The fraction of sp³-hybridized carbons (Fsp3) is 0.0541. The molecule has 0 saturated heterocycles. The van der Waals surface area contributed by atoms with Crippen LogP contribution >= 0.6 is 0 Å². The standard InChI is InChI=1S/C17H16FN3O2S.C16H11FN2O3S.C4H4O4/c1-19-10-13-9-17(15-6-2-3-7-16(15)18)21(12-13)24(22,23)14-5-4-8-20-11-14;17-15-6-2-1-5-14(15)16-8-12(11-20)10-19(16)23(21,22)13-4-3-7-18-9-13;5-3(6)1-2-4(7)8/h2-9,11-12,19H,10H2,1H3;1-11H;1-2H,(H,5,6)(H,7,8). The summed E-state index contributed by atoms with van der Waals surface area (Å²) >= 11 is 0. The minimum atomic E-state index is -4.00. The van der Waals surface area contributed by atoms with Crippen molar-refractivity contribution in [3.63, 3.8) is 0 Å². The first-order valence-corrected chi connectivity index (χ1v) is 18.6. The van der Waals surface area contributed by atoms with Gasteiger partial charge in [0.15, 0.2) is 6.29 Å². The molecule has 18 heteroatoms. The summed E-state index contributed by atoms with van der Waals surface area (Å²) in [6.07, 6.45) is 9.71. The smallest absolute Gasteiger partial charge is 0.328 e. The molecule has 3 N–H and O–H groups in total. The van der Waals surface area contributed by atoms with Gasteiger partial charge < -0.3 is 15.5 Å². The highest BCUT2D eigenvalue weighted by Gasteiger charge is 2.24. The van der Waals surface area contributed by atoms with Crippen LogP contribution < -0.4 is 5.32 Å². The lowest BCUT2D eigenvalue weighted by atomic mass is 10.1. The van der Waals surface area contributed by atoms with Crippen LogP contribution in [0.25, 0.3) is 22.5 Å². The first kappa shape index (κ1) is 41.1. The van der Waals surface area contributed by atoms with Crippen molar-refractivity contribution in [1.82, 2.24) is 23.2 Å². The van der Waals surface area contributed by atoms with Gasteiger partial charge in [0.05, 0.1) is 11.4 Å². The van der Waals surface area contributed by atoms with E-state index in [0.717, 1.165) is 19.7 Å². The normalized spacial score (nSPS) is 11.2. The number of halogens is 2. The molecular weight excluding hydrogens is 761 g/mol. The topological polar surface area (TPSA) is 208 Å². The molecule has 0 unspecified atom stereocenters. The van der Waals surface area contributed by atoms with E-state index in [2.05, 4.69) is 15.3 Å². The third kappa shape index (κ3) is 10.3. The van der Waals surface area contributed by atoms with Gasteiger partial charge >= 0.3 is 11.9 Å². The minimum Gasteiger partial charge on any atom is -0.478 e. The number of carbonyl (C=O) groups is 3. The molecule has 4 heterocycles. The number of nitrogens with zero attached hydrogens (tertiary/aromatic N) is 4. The molecule has 0 atom stereocenters. The average molecular weight is 792 g/mol. The molecule has 0 spiro atoms. The highest BCUT2D eigenvalue weighted by molar-refractivity contribution is 7.90. The Morgan fingerprint density at radius 2 is 1.16 bits per heavy atom. The Hall–Kier alpha value is -6.63. The zero-order chi connectivity index (χ0) is 40.2. The van der Waals surface area contributed by atoms with Crippen LogP contribution in [0.5, 0.6) is 0 Å². The molecule has 0 radical (unpaired) electrons. The molecule has 284 valence electrons. The molecule has 0 saturated carbocycles. The Bertz CT molecular complexity index is 2530. The second-order valence-electron chi connectivity index (χ2n) is 11.0. The van der Waals surface area contributed by atoms with Crippen LogP contribution in [0.15, 0.2) is 144 Å². The zero-order valence-electron chi connectivity index (χ0n) is 28.6. The number of pyridine rings is 2. The number of nitrogens with one attached hydrogen (secondary N) is 1. The van der Waals surface area contributed by atoms with Crippen LogP contribution in [0.4, 0.5) is 8.78 Å². The van der Waals surface area contributed by atoms with E-state index in [4.69, 9.17) is 10.2 Å². The quantitative estimate of drug-likeness (QED) is 0.116. The molecule has 0 bridgehead atoms. The summed E-state index contributed by atoms with van der Waals surface area (Å²) in [7, 11) is -6.11. The van der Waals surface area contributed by atoms with Crippen molar-refractivity contribution < 1.29 is 50.2 Å². The van der Waals surface area contributed by atoms with Gasteiger partial charge in [-0.15, -0.1) is 0 Å². The summed E-state index contributed by atoms with van der Waals surface area (Å²) in [5.74, 6) is -3.57. The van der Waals surface area contributed by atoms with Gasteiger partial charge in [-0.3, -0.25) is 14.8 Å². The number of rotatable bonds is 11. The van der Waals surface area contributed by atoms with Crippen molar-refractivity contribution in [2.45, 2.75) is 16.3 Å². The Morgan fingerprint density at radius 3 is 1.56 bits per heavy atom. The molecule has 0 fully saturated rings. The molecule has 0 amide bonds. The summed E-state index contributed by atoms with van der Waals surface area (Å²) in [5.41, 5.74) is 1.55. The van der Waals surface area contributed by atoms with Crippen LogP contribution in [0.1, 0.15) is 15.9 Å². The maximum atomic E-state index is 14.2. The monoisotopic (exact) mass is 791 g/mol. The van der Waals surface area contributed by atoms with Gasteiger partial charge in [-0.2, -0.15) is 0 Å². The van der Waals surface area contributed by atoms with E-state index in [9.17, 15) is 40.0 Å². The summed E-state index contributed by atoms with van der Waals surface area (Å²) in [6, 6.07) is 20.8. The lowest BCUT2D eigenvalue weighted by Crippen LogP contribution is -2.14. The molecule has 55 heavy (non-hydrogen) atoms. The number of hydrogen-bond donors (Lipinski definition) is 3. The SMILES string of the molecule is CNCc1cc(-c2ccccc2F)n(S(=O)(=O)c2cccnc2)c1.O=C(O)C=CC(=O)O.O=Cc1cc(-c2ccccc2F)n(S(=O)(=O)c2cccnc2)c1. The number of aliphatic carboxylic acids is 2. The fourth-order valence-corrected chi connectivity index (χ4v) is 7.52. The van der Waals surface area contributed by atoms with Crippen LogP contribution in [0.3, 0.4) is 0 Å². The van der Waals surface area contributed by atoms with E-state index in [1.165, 1.54) is 79.5 Å². The van der Waals surface area contributed by atoms with Crippen LogP contribution in [-0.2, 0) is 36.2 Å². The van der Waals surface area contributed by atoms with E-state index >= 15 is 0 Å². The molecule has 0 aliphatic carbocycles. The van der Waals surface area contributed by atoms with E-state index in [0.29, 0.717) is 25.0 Å². The van der Waals surface area contributed by atoms with Crippen molar-refractivity contribution in [2.75, 3.05) is 7.05 Å². The lowest BCUT2D eigenvalue weighted by Gasteiger charge is -2.10. The van der Waals surface area contributed by atoms with E-state index < -0.39 is 43.6 Å². The number of aromatic nitrogens is 4. The maximum absolute atomic E-state index is 14.2. The predicted molar refractivity (Wildman–Crippen MR) is 196 cm³/mol. The molecule has 6 aromatic rings. The Labute approximate surface area is 313 Å². The molecule has 14 nitrogen and oxygen atoms in total. The van der Waals surface area contributed by atoms with Gasteiger partial charge in [-0.05, 0) is 73.3 Å². The van der Waals surface area contributed by atoms with Crippen LogP contribution in [-0.4, -0.2) is 70.2 Å². The lowest BCUT2D eigenvalue weighted by molar-refractivity contribution is -0.134. The number of benzene rings is 2. The van der Waals surface area contributed by atoms with Crippen LogP contribution in [0, 0.1) is 11.6 Å². The van der Waals surface area contributed by atoms with Gasteiger partial charge in [-0.25, -0.2) is 43.2 Å². The Kier molecular flexibility index (Phi) is 13.8. The van der Waals surface area contributed by atoms with Crippen molar-refractivity contribution >= 4 is 38.3 Å². The molecule has 0 aliphatic rings. The number of aldehydes is 1. The second kappa shape index (κ2) is 18.4. The van der Waals surface area contributed by atoms with Gasteiger partial charge in [0.25, 0.3) is 20.0 Å². The summed E-state index contributed by atoms with van der Waals surface area (Å²) < 4.78 is 81.6. The number of carbonyl (C=O) groups excluding carboxylic acids is 1. The Morgan fingerprint density at radius 1 is 0.709 bits per heavy atom. The number of carboxylic acid groups (broad SMARTS) is 2. The first-order valence-electron chi connectivity index (χ1n) is 15.7. The second-order valence-corrected chi connectivity index (χ2v) is 14.6. The third-order valence-electron chi connectivity index (χ3n) is 7.22. The van der Waals surface area contributed by atoms with Crippen LogP contribution in [0.2, 0.25) is 0 Å². The largest absolute Gasteiger partial charge is 0.478 e. The number of carboxylic acids is 2. The van der Waals surface area contributed by atoms with Gasteiger partial charge in [0.2, 0.25) is 0 Å².